The lowest BCUT2D eigenvalue weighted by molar-refractivity contribution is -0.142. The molecule has 1 unspecified atom stereocenters. The molecule has 0 fully saturated rings. The predicted molar refractivity (Wildman–Crippen MR) is 72.8 cm³/mol. The summed E-state index contributed by atoms with van der Waals surface area (Å²) in [4.78, 5) is 31.3. The first kappa shape index (κ1) is 17.3. The van der Waals surface area contributed by atoms with Gasteiger partial charge in [-0.3, -0.25) is 14.2 Å². The Balaban J connectivity index is 2.76. The second-order valence-electron chi connectivity index (χ2n) is 4.75. The second kappa shape index (κ2) is 7.33. The number of hydrogen-bond acceptors (Lipinski definition) is 3. The number of carboxylic acids is 2. The highest BCUT2D eigenvalue weighted by atomic mass is 31.2. The lowest BCUT2D eigenvalue weighted by Crippen LogP contribution is -2.20. The summed E-state index contributed by atoms with van der Waals surface area (Å²) in [6.45, 7) is 0. The van der Waals surface area contributed by atoms with Gasteiger partial charge in [0.05, 0.1) is 12.1 Å². The highest BCUT2D eigenvalue weighted by molar-refractivity contribution is 7.57. The zero-order chi connectivity index (χ0) is 16.0. The van der Waals surface area contributed by atoms with E-state index in [-0.39, 0.29) is 12.0 Å². The van der Waals surface area contributed by atoms with Gasteiger partial charge >= 0.3 is 11.9 Å². The molecule has 0 saturated carbocycles. The average Bonchev–Trinajstić information content (AvgIpc) is 2.36. The van der Waals surface area contributed by atoms with Crippen molar-refractivity contribution in [3.63, 3.8) is 0 Å². The van der Waals surface area contributed by atoms with E-state index >= 15 is 0 Å². The fraction of sp³-hybridized carbons (Fsp3) is 0.385. The summed E-state index contributed by atoms with van der Waals surface area (Å²) in [5, 5.41) is 17.5. The molecule has 1 aromatic carbocycles. The summed E-state index contributed by atoms with van der Waals surface area (Å²) in [6.07, 6.45) is -1.70. The van der Waals surface area contributed by atoms with Crippen LogP contribution in [0.5, 0.6) is 0 Å². The fourth-order valence-electron chi connectivity index (χ4n) is 1.89. The maximum absolute atomic E-state index is 13.4. The Hall–Kier alpha value is -1.72. The van der Waals surface area contributed by atoms with Crippen molar-refractivity contribution in [3.05, 3.63) is 35.6 Å². The summed E-state index contributed by atoms with van der Waals surface area (Å²) in [5.74, 6) is -4.39. The van der Waals surface area contributed by atoms with Crippen LogP contribution >= 0.6 is 7.37 Å². The van der Waals surface area contributed by atoms with Crippen molar-refractivity contribution in [1.82, 2.24) is 0 Å². The van der Waals surface area contributed by atoms with E-state index in [0.717, 1.165) is 6.07 Å². The molecule has 2 atom stereocenters. The van der Waals surface area contributed by atoms with Gasteiger partial charge in [-0.1, -0.05) is 18.2 Å². The molecule has 0 amide bonds. The first-order valence-electron chi connectivity index (χ1n) is 6.20. The van der Waals surface area contributed by atoms with Gasteiger partial charge in [0.2, 0.25) is 7.37 Å². The smallest absolute Gasteiger partial charge is 0.307 e. The predicted octanol–water partition coefficient (Wildman–Crippen LogP) is 2.16. The minimum atomic E-state index is -3.93. The lowest BCUT2D eigenvalue weighted by atomic mass is 10.1. The molecule has 3 N–H and O–H groups in total. The van der Waals surface area contributed by atoms with Crippen molar-refractivity contribution in [2.24, 2.45) is 5.92 Å². The van der Waals surface area contributed by atoms with E-state index in [4.69, 9.17) is 10.2 Å². The standard InChI is InChI=1S/C13H16FO6P/c14-11-4-2-1-3-9(11)7-21(19,20)8-10(13(17)18)5-6-12(15)16/h1-4,10H,5-8H2,(H,15,16)(H,17,18)(H,19,20)/t10-/m1/s1. The number of rotatable bonds is 8. The van der Waals surface area contributed by atoms with Crippen molar-refractivity contribution >= 4 is 19.3 Å². The molecule has 6 nitrogen and oxygen atoms in total. The highest BCUT2D eigenvalue weighted by Crippen LogP contribution is 2.47. The molecular weight excluding hydrogens is 302 g/mol. The fourth-order valence-corrected chi connectivity index (χ4v) is 3.84. The van der Waals surface area contributed by atoms with Crippen LogP contribution in [0.15, 0.2) is 24.3 Å². The molecular formula is C13H16FO6P. The van der Waals surface area contributed by atoms with Crippen molar-refractivity contribution in [2.45, 2.75) is 19.0 Å². The third-order valence-corrected chi connectivity index (χ3v) is 4.78. The van der Waals surface area contributed by atoms with Gasteiger partial charge < -0.3 is 15.1 Å². The van der Waals surface area contributed by atoms with Crippen LogP contribution in [-0.2, 0) is 20.3 Å². The Morgan fingerprint density at radius 3 is 2.38 bits per heavy atom. The van der Waals surface area contributed by atoms with E-state index in [0.29, 0.717) is 0 Å². The van der Waals surface area contributed by atoms with E-state index < -0.39 is 49.8 Å². The molecule has 1 rings (SSSR count). The maximum Gasteiger partial charge on any atom is 0.307 e. The number of halogens is 1. The minimum Gasteiger partial charge on any atom is -0.481 e. The van der Waals surface area contributed by atoms with Gasteiger partial charge in [0, 0.05) is 12.6 Å². The largest absolute Gasteiger partial charge is 0.481 e. The van der Waals surface area contributed by atoms with E-state index in [1.54, 1.807) is 0 Å². The van der Waals surface area contributed by atoms with Gasteiger partial charge in [0.15, 0.2) is 0 Å². The summed E-state index contributed by atoms with van der Waals surface area (Å²) in [5.41, 5.74) is 0.0331. The Bertz CT molecular complexity index is 574. The molecule has 0 aliphatic carbocycles. The molecule has 1 aromatic rings. The minimum absolute atomic E-state index is 0.0331. The zero-order valence-corrected chi connectivity index (χ0v) is 12.0. The van der Waals surface area contributed by atoms with Crippen molar-refractivity contribution in [3.8, 4) is 0 Å². The van der Waals surface area contributed by atoms with Crippen LogP contribution < -0.4 is 0 Å². The maximum atomic E-state index is 13.4. The number of carbonyl (C=O) groups is 2. The molecule has 0 saturated heterocycles. The van der Waals surface area contributed by atoms with Gasteiger partial charge in [0.25, 0.3) is 0 Å². The van der Waals surface area contributed by atoms with Gasteiger partial charge in [0.1, 0.15) is 5.82 Å². The molecule has 0 aliphatic rings. The molecule has 116 valence electrons. The van der Waals surface area contributed by atoms with Crippen LogP contribution in [0, 0.1) is 11.7 Å². The number of aliphatic carboxylic acids is 2. The average molecular weight is 318 g/mol. The van der Waals surface area contributed by atoms with Crippen molar-refractivity contribution in [2.75, 3.05) is 6.16 Å². The molecule has 0 heterocycles. The summed E-state index contributed by atoms with van der Waals surface area (Å²) < 4.78 is 25.5. The third kappa shape index (κ3) is 6.06. The Morgan fingerprint density at radius 1 is 1.24 bits per heavy atom. The molecule has 21 heavy (non-hydrogen) atoms. The van der Waals surface area contributed by atoms with Crippen LogP contribution in [0.4, 0.5) is 4.39 Å². The monoisotopic (exact) mass is 318 g/mol. The van der Waals surface area contributed by atoms with E-state index in [2.05, 4.69) is 0 Å². The molecule has 0 radical (unpaired) electrons. The SMILES string of the molecule is O=C(O)CC[C@H](CP(=O)(O)Cc1ccccc1F)C(=O)O. The van der Waals surface area contributed by atoms with E-state index in [1.807, 2.05) is 0 Å². The Morgan fingerprint density at radius 2 is 1.86 bits per heavy atom. The first-order valence-corrected chi connectivity index (χ1v) is 8.23. The van der Waals surface area contributed by atoms with Crippen LogP contribution in [0.25, 0.3) is 0 Å². The van der Waals surface area contributed by atoms with Crippen LogP contribution in [-0.4, -0.2) is 33.2 Å². The summed E-state index contributed by atoms with van der Waals surface area (Å²) in [7, 11) is -3.93. The lowest BCUT2D eigenvalue weighted by Gasteiger charge is -2.17. The van der Waals surface area contributed by atoms with Crippen molar-refractivity contribution in [1.29, 1.82) is 0 Å². The summed E-state index contributed by atoms with van der Waals surface area (Å²) in [6, 6.07) is 5.45. The van der Waals surface area contributed by atoms with Gasteiger partial charge in [-0.2, -0.15) is 0 Å². The second-order valence-corrected chi connectivity index (χ2v) is 7.12. The normalized spacial score (nSPS) is 15.1. The highest BCUT2D eigenvalue weighted by Gasteiger charge is 2.30. The van der Waals surface area contributed by atoms with Crippen LogP contribution in [0.1, 0.15) is 18.4 Å². The van der Waals surface area contributed by atoms with Crippen LogP contribution in [0.3, 0.4) is 0 Å². The number of hydrogen-bond donors (Lipinski definition) is 3. The Kier molecular flexibility index (Phi) is 6.05. The zero-order valence-electron chi connectivity index (χ0n) is 11.1. The van der Waals surface area contributed by atoms with Gasteiger partial charge in [-0.25, -0.2) is 4.39 Å². The van der Waals surface area contributed by atoms with Gasteiger partial charge in [-0.05, 0) is 18.1 Å². The molecule has 0 spiro atoms. The number of benzene rings is 1. The topological polar surface area (TPSA) is 112 Å². The molecule has 8 heteroatoms. The van der Waals surface area contributed by atoms with Crippen molar-refractivity contribution < 1.29 is 33.7 Å². The first-order chi connectivity index (χ1) is 9.71. The summed E-state index contributed by atoms with van der Waals surface area (Å²) >= 11 is 0. The molecule has 0 bridgehead atoms. The van der Waals surface area contributed by atoms with Crippen LogP contribution in [0.2, 0.25) is 0 Å². The number of carboxylic acid groups (broad SMARTS) is 2. The molecule has 0 aliphatic heterocycles. The van der Waals surface area contributed by atoms with E-state index in [1.165, 1.54) is 18.2 Å². The quantitative estimate of drug-likeness (QED) is 0.633. The third-order valence-electron chi connectivity index (χ3n) is 2.94. The van der Waals surface area contributed by atoms with E-state index in [9.17, 15) is 23.4 Å². The van der Waals surface area contributed by atoms with Gasteiger partial charge in [-0.15, -0.1) is 0 Å². The molecule has 0 aromatic heterocycles. The Labute approximate surface area is 120 Å².